The van der Waals surface area contributed by atoms with E-state index >= 15 is 0 Å². The Hall–Kier alpha value is -0.760. The minimum absolute atomic E-state index is 0. The predicted molar refractivity (Wildman–Crippen MR) is 107 cm³/mol. The fourth-order valence-corrected chi connectivity index (χ4v) is 4.21. The number of guanidine groups is 1. The molecular formula is C18H30IN3O2. The van der Waals surface area contributed by atoms with Crippen molar-refractivity contribution in [3.05, 3.63) is 24.2 Å². The Kier molecular flexibility index (Phi) is 7.40. The smallest absolute Gasteiger partial charge is 0.191 e. The number of hydrogen-bond donors (Lipinski definition) is 2. The van der Waals surface area contributed by atoms with Gasteiger partial charge < -0.3 is 19.8 Å². The molecule has 1 spiro atoms. The number of hydrogen-bond acceptors (Lipinski definition) is 3. The van der Waals surface area contributed by atoms with Crippen LogP contribution in [-0.2, 0) is 11.2 Å². The first-order chi connectivity index (χ1) is 11.3. The van der Waals surface area contributed by atoms with Crippen LogP contribution in [0.25, 0.3) is 0 Å². The molecule has 1 aromatic rings. The van der Waals surface area contributed by atoms with Crippen LogP contribution in [0.4, 0.5) is 0 Å². The van der Waals surface area contributed by atoms with Crippen LogP contribution in [0, 0.1) is 5.41 Å². The quantitative estimate of drug-likeness (QED) is 0.399. The van der Waals surface area contributed by atoms with Crippen molar-refractivity contribution in [3.63, 3.8) is 0 Å². The van der Waals surface area contributed by atoms with E-state index in [0.717, 1.165) is 37.7 Å². The monoisotopic (exact) mass is 447 g/mol. The molecule has 0 bridgehead atoms. The molecule has 2 aliphatic rings. The van der Waals surface area contributed by atoms with Gasteiger partial charge in [0.05, 0.1) is 12.4 Å². The molecule has 2 aliphatic carbocycles. The molecule has 24 heavy (non-hydrogen) atoms. The minimum atomic E-state index is 0. The molecule has 2 saturated carbocycles. The zero-order valence-electron chi connectivity index (χ0n) is 14.7. The zero-order chi connectivity index (χ0) is 16.1. The standard InChI is InChI=1S/C18H29N3O2.HI/c1-3-22-16-13-15(18(16)9-4-5-10-18)21-17(19-2)20-11-8-14-7-6-12-23-14;/h6-7,12,15-16H,3-5,8-11,13H2,1-2H3,(H2,19,20,21);1H. The third-order valence-electron chi connectivity index (χ3n) is 5.47. The summed E-state index contributed by atoms with van der Waals surface area (Å²) in [7, 11) is 1.84. The van der Waals surface area contributed by atoms with Crippen molar-refractivity contribution in [2.75, 3.05) is 20.2 Å². The van der Waals surface area contributed by atoms with Crippen molar-refractivity contribution >= 4 is 29.9 Å². The van der Waals surface area contributed by atoms with Crippen LogP contribution >= 0.6 is 24.0 Å². The van der Waals surface area contributed by atoms with Crippen molar-refractivity contribution in [1.29, 1.82) is 0 Å². The summed E-state index contributed by atoms with van der Waals surface area (Å²) in [5.74, 6) is 1.89. The molecule has 6 heteroatoms. The summed E-state index contributed by atoms with van der Waals surface area (Å²) < 4.78 is 11.3. The Labute approximate surface area is 162 Å². The van der Waals surface area contributed by atoms with Crippen LogP contribution in [0.2, 0.25) is 0 Å². The molecule has 0 aliphatic heterocycles. The summed E-state index contributed by atoms with van der Waals surface area (Å²) in [6.45, 7) is 3.73. The van der Waals surface area contributed by atoms with Crippen molar-refractivity contribution < 1.29 is 9.15 Å². The number of rotatable bonds is 6. The molecule has 0 aromatic carbocycles. The maximum Gasteiger partial charge on any atom is 0.191 e. The molecule has 0 amide bonds. The molecule has 3 rings (SSSR count). The van der Waals surface area contributed by atoms with E-state index in [-0.39, 0.29) is 24.0 Å². The summed E-state index contributed by atoms with van der Waals surface area (Å²) in [5.41, 5.74) is 0.328. The minimum Gasteiger partial charge on any atom is -0.469 e. The van der Waals surface area contributed by atoms with E-state index in [1.54, 1.807) is 6.26 Å². The van der Waals surface area contributed by atoms with Crippen LogP contribution in [0.1, 0.15) is 44.8 Å². The number of furan rings is 1. The molecule has 1 aromatic heterocycles. The van der Waals surface area contributed by atoms with Gasteiger partial charge in [0.25, 0.3) is 0 Å². The van der Waals surface area contributed by atoms with Gasteiger partial charge in [0, 0.05) is 38.1 Å². The van der Waals surface area contributed by atoms with Crippen LogP contribution in [0.15, 0.2) is 27.8 Å². The van der Waals surface area contributed by atoms with E-state index in [4.69, 9.17) is 9.15 Å². The van der Waals surface area contributed by atoms with E-state index in [2.05, 4.69) is 22.5 Å². The number of ether oxygens (including phenoxy) is 1. The Balaban J connectivity index is 0.00000208. The lowest BCUT2D eigenvalue weighted by Gasteiger charge is -2.54. The van der Waals surface area contributed by atoms with Gasteiger partial charge in [-0.2, -0.15) is 0 Å². The largest absolute Gasteiger partial charge is 0.469 e. The van der Waals surface area contributed by atoms with E-state index < -0.39 is 0 Å². The van der Waals surface area contributed by atoms with Crippen molar-refractivity contribution in [2.45, 2.75) is 57.6 Å². The first-order valence-corrected chi connectivity index (χ1v) is 8.89. The molecular weight excluding hydrogens is 417 g/mol. The predicted octanol–water partition coefficient (Wildman–Crippen LogP) is 3.34. The second kappa shape index (κ2) is 9.08. The highest BCUT2D eigenvalue weighted by Crippen LogP contribution is 2.54. The van der Waals surface area contributed by atoms with Gasteiger partial charge in [-0.1, -0.05) is 12.8 Å². The number of aliphatic imine (C=N–C) groups is 1. The third kappa shape index (κ3) is 4.07. The lowest BCUT2D eigenvalue weighted by molar-refractivity contribution is -0.125. The highest BCUT2D eigenvalue weighted by atomic mass is 127. The maximum absolute atomic E-state index is 5.98. The SMILES string of the molecule is CCOC1CC(NC(=NC)NCCc2ccco2)C12CCCC2.I. The summed E-state index contributed by atoms with van der Waals surface area (Å²) in [6, 6.07) is 4.41. The second-order valence-electron chi connectivity index (χ2n) is 6.65. The molecule has 136 valence electrons. The van der Waals surface area contributed by atoms with E-state index in [1.807, 2.05) is 19.2 Å². The molecule has 0 radical (unpaired) electrons. The average Bonchev–Trinajstić information content (AvgIpc) is 3.24. The molecule has 5 nitrogen and oxygen atoms in total. The highest BCUT2D eigenvalue weighted by Gasteiger charge is 2.56. The highest BCUT2D eigenvalue weighted by molar-refractivity contribution is 14.0. The van der Waals surface area contributed by atoms with Crippen LogP contribution < -0.4 is 10.6 Å². The summed E-state index contributed by atoms with van der Waals surface area (Å²) in [6.07, 6.45) is 9.30. The van der Waals surface area contributed by atoms with E-state index in [1.165, 1.54) is 25.7 Å². The van der Waals surface area contributed by atoms with Crippen LogP contribution in [-0.4, -0.2) is 38.3 Å². The molecule has 2 atom stereocenters. The van der Waals surface area contributed by atoms with Crippen molar-refractivity contribution in [3.8, 4) is 0 Å². The first kappa shape index (κ1) is 19.6. The second-order valence-corrected chi connectivity index (χ2v) is 6.65. The molecule has 2 fully saturated rings. The molecule has 2 unspecified atom stereocenters. The third-order valence-corrected chi connectivity index (χ3v) is 5.47. The van der Waals surface area contributed by atoms with Gasteiger partial charge in [0.1, 0.15) is 5.76 Å². The first-order valence-electron chi connectivity index (χ1n) is 8.89. The number of halogens is 1. The van der Waals surface area contributed by atoms with Gasteiger partial charge in [0.15, 0.2) is 5.96 Å². The fourth-order valence-electron chi connectivity index (χ4n) is 4.21. The summed E-state index contributed by atoms with van der Waals surface area (Å²) >= 11 is 0. The normalized spacial score (nSPS) is 25.2. The van der Waals surface area contributed by atoms with Gasteiger partial charge in [0.2, 0.25) is 0 Å². The van der Waals surface area contributed by atoms with Crippen LogP contribution in [0.3, 0.4) is 0 Å². The summed E-state index contributed by atoms with van der Waals surface area (Å²) in [5, 5.41) is 7.03. The van der Waals surface area contributed by atoms with Gasteiger partial charge in [-0.15, -0.1) is 24.0 Å². The van der Waals surface area contributed by atoms with Crippen molar-refractivity contribution in [2.24, 2.45) is 10.4 Å². The average molecular weight is 447 g/mol. The Bertz CT molecular complexity index is 512. The van der Waals surface area contributed by atoms with Crippen molar-refractivity contribution in [1.82, 2.24) is 10.6 Å². The number of nitrogens with one attached hydrogen (secondary N) is 2. The fraction of sp³-hybridized carbons (Fsp3) is 0.722. The molecule has 0 saturated heterocycles. The van der Waals surface area contributed by atoms with E-state index in [9.17, 15) is 0 Å². The Morgan fingerprint density at radius 1 is 1.42 bits per heavy atom. The lowest BCUT2D eigenvalue weighted by Crippen LogP contribution is -2.65. The van der Waals surface area contributed by atoms with Crippen LogP contribution in [0.5, 0.6) is 0 Å². The van der Waals surface area contributed by atoms with Gasteiger partial charge in [-0.3, -0.25) is 4.99 Å². The molecule has 1 heterocycles. The molecule has 2 N–H and O–H groups in total. The van der Waals surface area contributed by atoms with Gasteiger partial charge in [-0.05, 0) is 38.3 Å². The lowest BCUT2D eigenvalue weighted by atomic mass is 9.60. The zero-order valence-corrected chi connectivity index (χ0v) is 17.0. The Morgan fingerprint density at radius 2 is 2.21 bits per heavy atom. The summed E-state index contributed by atoms with van der Waals surface area (Å²) in [4.78, 5) is 4.38. The Morgan fingerprint density at radius 3 is 2.83 bits per heavy atom. The van der Waals surface area contributed by atoms with E-state index in [0.29, 0.717) is 17.6 Å². The van der Waals surface area contributed by atoms with Gasteiger partial charge in [-0.25, -0.2) is 0 Å². The van der Waals surface area contributed by atoms with Gasteiger partial charge >= 0.3 is 0 Å². The topological polar surface area (TPSA) is 58.8 Å². The number of nitrogens with zero attached hydrogens (tertiary/aromatic N) is 1. The maximum atomic E-state index is 5.98.